The van der Waals surface area contributed by atoms with Gasteiger partial charge in [-0.05, 0) is 122 Å². The van der Waals surface area contributed by atoms with Crippen molar-refractivity contribution in [2.24, 2.45) is 28.7 Å². The van der Waals surface area contributed by atoms with Crippen LogP contribution in [0.5, 0.6) is 5.75 Å². The number of unbranched alkanes of at least 4 members (excludes halogenated alkanes) is 1. The largest absolute Gasteiger partial charge is 0.508 e. The number of carbonyl (C=O) groups is 19. The Morgan fingerprint density at radius 2 is 0.919 bits per heavy atom. The molecule has 1 fully saturated rings. The molecule has 1 aliphatic heterocycles. The van der Waals surface area contributed by atoms with Crippen molar-refractivity contribution < 1.29 is 106 Å². The van der Waals surface area contributed by atoms with Crippen LogP contribution in [0.3, 0.4) is 0 Å². The van der Waals surface area contributed by atoms with Crippen LogP contribution in [0.15, 0.2) is 67.1 Å². The number of carboxylic acids is 2. The summed E-state index contributed by atoms with van der Waals surface area (Å²) >= 11 is 0. The van der Waals surface area contributed by atoms with E-state index in [9.17, 15) is 101 Å². The smallest absolute Gasteiger partial charge is 0.325 e. The molecule has 2 aromatic carbocycles. The molecule has 3 aromatic rings. The van der Waals surface area contributed by atoms with Gasteiger partial charge >= 0.3 is 11.9 Å². The number of nitrogens with one attached hydrogen (secondary N) is 20. The van der Waals surface area contributed by atoms with E-state index in [0.29, 0.717) is 18.5 Å². The highest BCUT2D eigenvalue weighted by Gasteiger charge is 2.38. The molecular formula is C75H113N27O22. The lowest BCUT2D eigenvalue weighted by Crippen LogP contribution is -2.60. The first-order valence-electron chi connectivity index (χ1n) is 39.5. The third-order valence-electron chi connectivity index (χ3n) is 18.7. The van der Waals surface area contributed by atoms with Gasteiger partial charge in [-0.1, -0.05) is 42.5 Å². The molecule has 124 heavy (non-hydrogen) atoms. The van der Waals surface area contributed by atoms with Crippen molar-refractivity contribution >= 4 is 124 Å². The van der Waals surface area contributed by atoms with Gasteiger partial charge in [0.05, 0.1) is 57.1 Å². The highest BCUT2D eigenvalue weighted by molar-refractivity contribution is 6.01. The number of benzene rings is 2. The molecule has 0 saturated carbocycles. The standard InChI is InChI=1S/C75H113N27O22/c1-38(61(111)92-39(2)62(112)97-49(15-8-9-23-76)67(117)98-48(17-11-25-85-75(81)82)66(116)89-36-59(108)102-26-12-18-54(102)72(122)88-33-56(105)86-34-57(106)91-41(4)73(123)124)93-69(119)53(31-60(109)110)101-70(120)50(28-43-19-21-45(103)22-20-43)100-71(121)52(30-55(78)104)95-58(107)35-87-65(115)47(16-10-24-84-74(79)80)96-63(113)40(3)94-68(118)51(29-44-32-83-37-90-44)99-64(114)46(77)27-42-13-6-5-7-14-42/h5-7,13-14,19-22,32,37-41,46-54,103H,8-12,15-18,23-31,33-36,76-77H2,1-4H3,(H2,78,104)(H,83,90)(H,86,105)(H,87,115)(H,88,122)(H,89,116)(H,91,106)(H,92,111)(H,93,119)(H,94,118)(H,95,107)(H,96,113)(H,97,112)(H,98,117)(H,99,114)(H,100,121)(H,101,120)(H,109,110)(H,123,124)(H4,79,80,84)(H4,81,82,85)/t38-,39-,40-,41-,46-,47-,48-,49-,50-,51-,52-,53-,54-/m0/s1. The molecular weight excluding hydrogens is 1630 g/mol. The monoisotopic (exact) mass is 1740 g/mol. The molecule has 1 saturated heterocycles. The molecule has 49 heteroatoms. The Bertz CT molecular complexity index is 4240. The molecule has 0 bridgehead atoms. The highest BCUT2D eigenvalue weighted by atomic mass is 16.4. The molecule has 49 nitrogen and oxygen atoms in total. The van der Waals surface area contributed by atoms with Crippen LogP contribution in [0.1, 0.15) is 115 Å². The lowest BCUT2D eigenvalue weighted by Gasteiger charge is -2.26. The molecule has 680 valence electrons. The van der Waals surface area contributed by atoms with Crippen LogP contribution in [0.25, 0.3) is 0 Å². The van der Waals surface area contributed by atoms with Crippen molar-refractivity contribution in [3.63, 3.8) is 0 Å². The predicted molar refractivity (Wildman–Crippen MR) is 438 cm³/mol. The van der Waals surface area contributed by atoms with E-state index in [1.54, 1.807) is 30.3 Å². The number of likely N-dealkylation sites (tertiary alicyclic amines) is 1. The maximum absolute atomic E-state index is 14.4. The van der Waals surface area contributed by atoms with E-state index in [0.717, 1.165) is 17.4 Å². The molecule has 13 atom stereocenters. The number of aromatic amines is 1. The van der Waals surface area contributed by atoms with Gasteiger partial charge < -0.3 is 144 Å². The van der Waals surface area contributed by atoms with Crippen molar-refractivity contribution in [2.45, 2.75) is 196 Å². The number of phenolic OH excluding ortho intramolecular Hbond substituents is 1. The minimum absolute atomic E-state index is 0.0117. The quantitative estimate of drug-likeness (QED) is 0.0142. The van der Waals surface area contributed by atoms with E-state index in [2.05, 4.69) is 100 Å². The fourth-order valence-electron chi connectivity index (χ4n) is 12.0. The second kappa shape index (κ2) is 52.8. The van der Waals surface area contributed by atoms with Gasteiger partial charge in [0, 0.05) is 38.7 Å². The molecule has 4 rings (SSSR count). The number of aromatic nitrogens is 2. The number of aromatic hydroxyl groups is 1. The van der Waals surface area contributed by atoms with Crippen molar-refractivity contribution in [2.75, 3.05) is 52.4 Å². The Kier molecular flexibility index (Phi) is 43.5. The Morgan fingerprint density at radius 3 is 1.47 bits per heavy atom. The number of carbonyl (C=O) groups excluding carboxylic acids is 17. The van der Waals surface area contributed by atoms with Crippen LogP contribution in [0, 0.1) is 10.8 Å². The molecule has 2 heterocycles. The number of phenols is 1. The summed E-state index contributed by atoms with van der Waals surface area (Å²) < 4.78 is 0. The first kappa shape index (κ1) is 102. The predicted octanol–water partition coefficient (Wildman–Crippen LogP) is -10.6. The first-order valence-corrected chi connectivity index (χ1v) is 39.5. The Balaban J connectivity index is 1.44. The summed E-state index contributed by atoms with van der Waals surface area (Å²) in [5, 5.41) is 84.7. The average Bonchev–Trinajstić information content (AvgIpc) is 1.60. The number of aliphatic carboxylic acids is 2. The number of primary amides is 1. The maximum Gasteiger partial charge on any atom is 0.325 e. The van der Waals surface area contributed by atoms with E-state index in [-0.39, 0.29) is 95.3 Å². The van der Waals surface area contributed by atoms with Crippen molar-refractivity contribution in [3.8, 4) is 5.75 Å². The van der Waals surface area contributed by atoms with Gasteiger partial charge in [0.25, 0.3) is 0 Å². The number of nitrogens with zero attached hydrogens (tertiary/aromatic N) is 2. The number of imidazole rings is 1. The second-order valence-electron chi connectivity index (χ2n) is 28.9. The van der Waals surface area contributed by atoms with E-state index >= 15 is 0 Å². The fraction of sp³-hybridized carbons (Fsp3) is 0.520. The van der Waals surface area contributed by atoms with E-state index in [4.69, 9.17) is 44.6 Å². The normalized spacial score (nSPS) is 15.0. The molecule has 17 amide bonds. The lowest BCUT2D eigenvalue weighted by molar-refractivity contribution is -0.142. The summed E-state index contributed by atoms with van der Waals surface area (Å²) in [5.74, 6) is -20.8. The molecule has 0 unspecified atom stereocenters. The SMILES string of the molecule is C[C@H](NC(=O)CNC(=O)CNC(=O)[C@@H]1CCCN1C(=O)CNC(=O)[C@H](CCCNC(=N)N)NC(=O)[C@H](CCCCN)NC(=O)[C@H](C)NC(=O)[C@H](C)NC(=O)[C@H](CC(=O)O)NC(=O)[C@H](Cc1ccc(O)cc1)NC(=O)[C@H](CC(N)=O)NC(=O)CNC(=O)[C@H](CCCNC(=N)N)NC(=O)[C@H](C)NC(=O)[C@H](Cc1c[nH]cn1)NC(=O)[C@@H](N)Cc1ccccc1)C(=O)O. The van der Waals surface area contributed by atoms with Gasteiger partial charge in [0.15, 0.2) is 11.9 Å². The summed E-state index contributed by atoms with van der Waals surface area (Å²) in [7, 11) is 0. The third-order valence-corrected chi connectivity index (χ3v) is 18.7. The number of nitrogens with two attached hydrogens (primary N) is 5. The van der Waals surface area contributed by atoms with Crippen LogP contribution < -0.4 is 119 Å². The molecule has 0 aliphatic carbocycles. The number of rotatable bonds is 54. The minimum Gasteiger partial charge on any atom is -0.508 e. The third kappa shape index (κ3) is 38.1. The molecule has 0 radical (unpaired) electrons. The zero-order valence-electron chi connectivity index (χ0n) is 68.8. The van der Waals surface area contributed by atoms with E-state index < -0.39 is 248 Å². The summed E-state index contributed by atoms with van der Waals surface area (Å²) in [6, 6.07) is -5.61. The summed E-state index contributed by atoms with van der Waals surface area (Å²) in [4.78, 5) is 262. The number of amides is 17. The molecule has 1 aliphatic rings. The van der Waals surface area contributed by atoms with Crippen LogP contribution >= 0.6 is 0 Å². The average molecular weight is 1740 g/mol. The maximum atomic E-state index is 14.4. The number of guanidine groups is 2. The second-order valence-corrected chi connectivity index (χ2v) is 28.9. The van der Waals surface area contributed by atoms with Gasteiger partial charge in [-0.25, -0.2) is 4.98 Å². The van der Waals surface area contributed by atoms with Crippen molar-refractivity contribution in [1.82, 2.24) is 105 Å². The van der Waals surface area contributed by atoms with Crippen molar-refractivity contribution in [3.05, 3.63) is 83.9 Å². The molecule has 33 N–H and O–H groups in total. The van der Waals surface area contributed by atoms with Gasteiger partial charge in [-0.3, -0.25) is 102 Å². The number of H-pyrrole nitrogens is 1. The number of hydrogen-bond donors (Lipinski definition) is 28. The summed E-state index contributed by atoms with van der Waals surface area (Å²) in [5.41, 5.74) is 29.6. The Hall–Kier alpha value is -14.2. The Labute approximate surface area is 710 Å². The molecule has 0 spiro atoms. The lowest BCUT2D eigenvalue weighted by atomic mass is 10.0. The molecule has 1 aromatic heterocycles. The Morgan fingerprint density at radius 1 is 0.468 bits per heavy atom. The van der Waals surface area contributed by atoms with Gasteiger partial charge in [-0.2, -0.15) is 0 Å². The van der Waals surface area contributed by atoms with E-state index in [1.807, 2.05) is 0 Å². The minimum atomic E-state index is -2.06. The van der Waals surface area contributed by atoms with Gasteiger partial charge in [-0.15, -0.1) is 0 Å². The van der Waals surface area contributed by atoms with Crippen molar-refractivity contribution in [1.29, 1.82) is 10.8 Å². The first-order chi connectivity index (χ1) is 58.6. The summed E-state index contributed by atoms with van der Waals surface area (Å²) in [6.07, 6.45) is 0.976. The zero-order chi connectivity index (χ0) is 92.3. The van der Waals surface area contributed by atoms with Crippen LogP contribution in [0.2, 0.25) is 0 Å². The zero-order valence-corrected chi connectivity index (χ0v) is 68.8. The van der Waals surface area contributed by atoms with E-state index in [1.165, 1.54) is 57.6 Å². The van der Waals surface area contributed by atoms with Crippen LogP contribution in [-0.4, -0.2) is 285 Å². The van der Waals surface area contributed by atoms with Gasteiger partial charge in [0.1, 0.15) is 78.3 Å². The van der Waals surface area contributed by atoms with Gasteiger partial charge in [0.2, 0.25) is 100 Å². The highest BCUT2D eigenvalue weighted by Crippen LogP contribution is 2.19. The summed E-state index contributed by atoms with van der Waals surface area (Å²) in [6.45, 7) is 2.18. The van der Waals surface area contributed by atoms with Crippen LogP contribution in [0.4, 0.5) is 0 Å². The topological polar surface area (TPSA) is 799 Å². The number of carboxylic acid groups (broad SMARTS) is 2. The number of hydrogen-bond acceptors (Lipinski definition) is 25. The fourth-order valence-corrected chi connectivity index (χ4v) is 12.0. The van der Waals surface area contributed by atoms with Crippen LogP contribution in [-0.2, 0) is 110 Å².